The van der Waals surface area contributed by atoms with Gasteiger partial charge in [-0.25, -0.2) is 9.79 Å². The number of esters is 1. The maximum Gasteiger partial charge on any atom is 0.338 e. The summed E-state index contributed by atoms with van der Waals surface area (Å²) in [5.74, 6) is 0.166. The molecule has 41 heavy (non-hydrogen) atoms. The molecule has 1 aromatic heterocycles. The standard InChI is InChI=1S/C31H25BrClIN2O4S/c1-4-39-30(38)25-26(18-8-6-5-7-9-18)35-31-36(27(25)19-10-12-22(33)13-11-19)29(37)24(41-31)15-20-14-21(32)16-23(34)28(20)40-17(2)3/h5-17,27H,4H2,1-3H3/b24-15-/t27-/m1/s1. The van der Waals surface area contributed by atoms with Crippen molar-refractivity contribution in [1.29, 1.82) is 0 Å². The lowest BCUT2D eigenvalue weighted by molar-refractivity contribution is -0.138. The molecule has 1 aliphatic rings. The average molecular weight is 764 g/mol. The minimum atomic E-state index is -0.769. The van der Waals surface area contributed by atoms with E-state index in [2.05, 4.69) is 38.5 Å². The summed E-state index contributed by atoms with van der Waals surface area (Å²) in [5.41, 5.74) is 2.72. The molecular weight excluding hydrogens is 739 g/mol. The summed E-state index contributed by atoms with van der Waals surface area (Å²) in [6, 6.07) is 19.7. The van der Waals surface area contributed by atoms with E-state index in [0.717, 1.165) is 19.2 Å². The molecule has 0 saturated carbocycles. The van der Waals surface area contributed by atoms with Crippen molar-refractivity contribution >= 4 is 79.2 Å². The van der Waals surface area contributed by atoms with Crippen molar-refractivity contribution in [3.8, 4) is 5.75 Å². The number of rotatable bonds is 7. The van der Waals surface area contributed by atoms with Gasteiger partial charge in [-0.05, 0) is 79.3 Å². The van der Waals surface area contributed by atoms with Crippen LogP contribution in [0.5, 0.6) is 5.75 Å². The molecule has 210 valence electrons. The highest BCUT2D eigenvalue weighted by Gasteiger charge is 2.35. The molecule has 3 aromatic carbocycles. The van der Waals surface area contributed by atoms with Gasteiger partial charge >= 0.3 is 5.97 Å². The zero-order valence-corrected chi connectivity index (χ0v) is 27.7. The molecule has 0 N–H and O–H groups in total. The first-order valence-corrected chi connectivity index (χ1v) is 15.9. The van der Waals surface area contributed by atoms with Crippen molar-refractivity contribution in [3.63, 3.8) is 0 Å². The van der Waals surface area contributed by atoms with Crippen LogP contribution in [0, 0.1) is 3.57 Å². The highest BCUT2D eigenvalue weighted by molar-refractivity contribution is 14.1. The second kappa shape index (κ2) is 12.6. The van der Waals surface area contributed by atoms with Crippen molar-refractivity contribution < 1.29 is 14.3 Å². The van der Waals surface area contributed by atoms with E-state index < -0.39 is 12.0 Å². The number of aromatic nitrogens is 1. The van der Waals surface area contributed by atoms with E-state index in [9.17, 15) is 9.59 Å². The monoisotopic (exact) mass is 762 g/mol. The molecule has 10 heteroatoms. The quantitative estimate of drug-likeness (QED) is 0.155. The van der Waals surface area contributed by atoms with Crippen LogP contribution < -0.4 is 19.6 Å². The summed E-state index contributed by atoms with van der Waals surface area (Å²) in [6.45, 7) is 5.86. The fourth-order valence-corrected chi connectivity index (χ4v) is 7.38. The topological polar surface area (TPSA) is 69.9 Å². The normalized spacial score (nSPS) is 15.1. The Kier molecular flexibility index (Phi) is 9.18. The first-order chi connectivity index (χ1) is 19.7. The Hall–Kier alpha value is -2.73. The molecule has 0 unspecified atom stereocenters. The minimum Gasteiger partial charge on any atom is -0.489 e. The first kappa shape index (κ1) is 29.8. The molecular formula is C31H25BrClIN2O4S. The van der Waals surface area contributed by atoms with Crippen LogP contribution in [-0.4, -0.2) is 23.2 Å². The van der Waals surface area contributed by atoms with E-state index >= 15 is 0 Å². The van der Waals surface area contributed by atoms with Gasteiger partial charge in [-0.3, -0.25) is 9.36 Å². The third-order valence-electron chi connectivity index (χ3n) is 6.24. The van der Waals surface area contributed by atoms with Crippen molar-refractivity contribution in [1.82, 2.24) is 4.57 Å². The van der Waals surface area contributed by atoms with E-state index in [1.54, 1.807) is 23.6 Å². The van der Waals surface area contributed by atoms with Crippen LogP contribution in [0.15, 0.2) is 86.6 Å². The zero-order chi connectivity index (χ0) is 29.3. The average Bonchev–Trinajstić information content (AvgIpc) is 3.25. The number of halogens is 3. The van der Waals surface area contributed by atoms with Crippen LogP contribution in [0.4, 0.5) is 0 Å². The number of carbonyl (C=O) groups excluding carboxylic acids is 1. The number of hydrogen-bond acceptors (Lipinski definition) is 6. The van der Waals surface area contributed by atoms with Gasteiger partial charge in [0.2, 0.25) is 0 Å². The number of fused-ring (bicyclic) bond motifs is 1. The summed E-state index contributed by atoms with van der Waals surface area (Å²) in [7, 11) is 0. The summed E-state index contributed by atoms with van der Waals surface area (Å²) < 4.78 is 15.5. The second-order valence-electron chi connectivity index (χ2n) is 9.46. The molecule has 5 rings (SSSR count). The molecule has 6 nitrogen and oxygen atoms in total. The van der Waals surface area contributed by atoms with Crippen LogP contribution in [0.1, 0.15) is 43.5 Å². The van der Waals surface area contributed by atoms with Gasteiger partial charge in [0.05, 0.1) is 38.1 Å². The van der Waals surface area contributed by atoms with E-state index in [4.69, 9.17) is 26.1 Å². The highest BCUT2D eigenvalue weighted by Crippen LogP contribution is 2.36. The van der Waals surface area contributed by atoms with Gasteiger partial charge in [0.15, 0.2) is 4.80 Å². The molecule has 0 saturated heterocycles. The van der Waals surface area contributed by atoms with E-state index in [1.165, 1.54) is 11.3 Å². The molecule has 2 heterocycles. The van der Waals surface area contributed by atoms with Gasteiger partial charge < -0.3 is 9.47 Å². The van der Waals surface area contributed by atoms with Crippen LogP contribution in [-0.2, 0) is 9.53 Å². The van der Waals surface area contributed by atoms with Crippen LogP contribution >= 0.6 is 61.5 Å². The Morgan fingerprint density at radius 1 is 1.17 bits per heavy atom. The molecule has 0 bridgehead atoms. The lowest BCUT2D eigenvalue weighted by atomic mass is 9.93. The number of ether oxygens (including phenoxy) is 2. The Morgan fingerprint density at radius 3 is 2.54 bits per heavy atom. The van der Waals surface area contributed by atoms with Gasteiger partial charge in [-0.15, -0.1) is 0 Å². The van der Waals surface area contributed by atoms with Crippen LogP contribution in [0.25, 0.3) is 11.8 Å². The van der Waals surface area contributed by atoms with Crippen molar-refractivity contribution in [2.45, 2.75) is 32.9 Å². The maximum atomic E-state index is 14.2. The smallest absolute Gasteiger partial charge is 0.338 e. The largest absolute Gasteiger partial charge is 0.489 e. The second-order valence-corrected chi connectivity index (χ2v) is 13.0. The summed E-state index contributed by atoms with van der Waals surface area (Å²) in [4.78, 5) is 33.1. The molecule has 0 fully saturated rings. The Labute approximate surface area is 268 Å². The minimum absolute atomic E-state index is 0.0523. The SMILES string of the molecule is CCOC(=O)C1=C(c2ccccc2)N=c2s/c(=C\c3cc(Br)cc(I)c3OC(C)C)c(=O)n2[C@@H]1c1ccc(Cl)cc1. The molecule has 0 radical (unpaired) electrons. The molecule has 0 amide bonds. The first-order valence-electron chi connectivity index (χ1n) is 12.9. The van der Waals surface area contributed by atoms with Crippen molar-refractivity contribution in [2.24, 2.45) is 4.99 Å². The van der Waals surface area contributed by atoms with Gasteiger partial charge in [-0.1, -0.05) is 81.3 Å². The molecule has 1 atom stereocenters. The third-order valence-corrected chi connectivity index (χ3v) is 8.73. The number of carbonyl (C=O) groups is 1. The predicted octanol–water partition coefficient (Wildman–Crippen LogP) is 6.74. The number of benzene rings is 3. The molecule has 4 aromatic rings. The van der Waals surface area contributed by atoms with Crippen LogP contribution in [0.2, 0.25) is 5.02 Å². The molecule has 1 aliphatic heterocycles. The Balaban J connectivity index is 1.83. The fraction of sp³-hybridized carbons (Fsp3) is 0.194. The summed E-state index contributed by atoms with van der Waals surface area (Å²) in [6.07, 6.45) is 1.77. The van der Waals surface area contributed by atoms with Gasteiger partial charge in [0.1, 0.15) is 5.75 Å². The van der Waals surface area contributed by atoms with Crippen molar-refractivity contribution in [2.75, 3.05) is 6.61 Å². The molecule has 0 spiro atoms. The van der Waals surface area contributed by atoms with Crippen LogP contribution in [0.3, 0.4) is 0 Å². The van der Waals surface area contributed by atoms with E-state index in [1.807, 2.05) is 74.5 Å². The highest BCUT2D eigenvalue weighted by atomic mass is 127. The fourth-order valence-electron chi connectivity index (χ4n) is 4.59. The van der Waals surface area contributed by atoms with E-state index in [-0.39, 0.29) is 18.3 Å². The number of hydrogen-bond donors (Lipinski definition) is 0. The lowest BCUT2D eigenvalue weighted by Crippen LogP contribution is -2.40. The van der Waals surface area contributed by atoms with Gasteiger partial charge in [0, 0.05) is 20.6 Å². The van der Waals surface area contributed by atoms with Gasteiger partial charge in [-0.2, -0.15) is 0 Å². The van der Waals surface area contributed by atoms with Crippen molar-refractivity contribution in [3.05, 3.63) is 122 Å². The zero-order valence-electron chi connectivity index (χ0n) is 22.4. The summed E-state index contributed by atoms with van der Waals surface area (Å²) in [5, 5.41) is 0.549. The number of nitrogens with zero attached hydrogens (tertiary/aromatic N) is 2. The lowest BCUT2D eigenvalue weighted by Gasteiger charge is -2.26. The Bertz CT molecular complexity index is 1830. The Morgan fingerprint density at radius 2 is 1.88 bits per heavy atom. The predicted molar refractivity (Wildman–Crippen MR) is 175 cm³/mol. The maximum absolute atomic E-state index is 14.2. The summed E-state index contributed by atoms with van der Waals surface area (Å²) >= 11 is 13.3. The van der Waals surface area contributed by atoms with Gasteiger partial charge in [0.25, 0.3) is 5.56 Å². The third kappa shape index (κ3) is 6.23. The number of thiazole rings is 1. The van der Waals surface area contributed by atoms with E-state index in [0.29, 0.717) is 36.9 Å². The molecule has 0 aliphatic carbocycles.